The highest BCUT2D eigenvalue weighted by atomic mass is 16.1. The molecule has 0 aliphatic carbocycles. The predicted molar refractivity (Wildman–Crippen MR) is 124 cm³/mol. The van der Waals surface area contributed by atoms with Gasteiger partial charge in [-0.05, 0) is 42.8 Å². The van der Waals surface area contributed by atoms with Crippen molar-refractivity contribution in [2.45, 2.75) is 13.3 Å². The summed E-state index contributed by atoms with van der Waals surface area (Å²) in [6.45, 7) is 1.85. The second-order valence-electron chi connectivity index (χ2n) is 7.42. The molecule has 3 aromatic heterocycles. The molecule has 3 N–H and O–H groups in total. The Kier molecular flexibility index (Phi) is 5.09. The second-order valence-corrected chi connectivity index (χ2v) is 7.42. The van der Waals surface area contributed by atoms with Crippen molar-refractivity contribution in [1.82, 2.24) is 24.5 Å². The van der Waals surface area contributed by atoms with E-state index in [0.29, 0.717) is 18.1 Å². The van der Waals surface area contributed by atoms with Gasteiger partial charge in [-0.25, -0.2) is 15.0 Å². The van der Waals surface area contributed by atoms with Crippen LogP contribution < -0.4 is 10.6 Å². The maximum atomic E-state index is 12.5. The zero-order valence-corrected chi connectivity index (χ0v) is 17.4. The number of aromatic amines is 1. The van der Waals surface area contributed by atoms with Crippen molar-refractivity contribution in [2.24, 2.45) is 0 Å². The number of nitrogens with zero attached hydrogens (tertiary/aromatic N) is 4. The molecule has 0 radical (unpaired) electrons. The van der Waals surface area contributed by atoms with Crippen LogP contribution in [-0.4, -0.2) is 30.4 Å². The maximum absolute atomic E-state index is 12.5. The van der Waals surface area contributed by atoms with Crippen molar-refractivity contribution in [2.75, 3.05) is 10.6 Å². The third-order valence-corrected chi connectivity index (χ3v) is 5.06. The Balaban J connectivity index is 1.25. The first kappa shape index (κ1) is 19.5. The second kappa shape index (κ2) is 8.35. The summed E-state index contributed by atoms with van der Waals surface area (Å²) in [4.78, 5) is 28.7. The molecule has 0 saturated heterocycles. The molecule has 0 bridgehead atoms. The van der Waals surface area contributed by atoms with Crippen molar-refractivity contribution < 1.29 is 4.79 Å². The predicted octanol–water partition coefficient (Wildman–Crippen LogP) is 4.38. The van der Waals surface area contributed by atoms with Gasteiger partial charge >= 0.3 is 0 Å². The molecular weight excluding hydrogens is 402 g/mol. The van der Waals surface area contributed by atoms with Gasteiger partial charge in [-0.15, -0.1) is 0 Å². The lowest BCUT2D eigenvalue weighted by molar-refractivity contribution is -0.115. The van der Waals surface area contributed by atoms with Crippen LogP contribution in [0.5, 0.6) is 0 Å². The van der Waals surface area contributed by atoms with Crippen LogP contribution in [0.1, 0.15) is 11.4 Å². The molecule has 0 aliphatic heterocycles. The van der Waals surface area contributed by atoms with Gasteiger partial charge in [0.1, 0.15) is 23.8 Å². The highest BCUT2D eigenvalue weighted by molar-refractivity contribution is 5.95. The Morgan fingerprint density at radius 2 is 1.88 bits per heavy atom. The fourth-order valence-electron chi connectivity index (χ4n) is 3.58. The minimum atomic E-state index is -0.0631. The number of benzene rings is 2. The summed E-state index contributed by atoms with van der Waals surface area (Å²) in [5.74, 6) is 2.00. The summed E-state index contributed by atoms with van der Waals surface area (Å²) in [6, 6.07) is 17.3. The van der Waals surface area contributed by atoms with E-state index in [1.165, 1.54) is 0 Å². The number of carbonyl (C=O) groups excluding carboxylic acids is 1. The standard InChI is InChI=1S/C24H21N7O/c1-16-27-22(13-23(28-16)31-11-10-25-15-31)29-18-6-8-19(9-7-18)30-24(32)12-17-14-26-21-5-3-2-4-20(17)21/h2-11,13-15,26H,12H2,1H3,(H,30,32)(H,27,28,29). The molecule has 5 aromatic rings. The number of amides is 1. The lowest BCUT2D eigenvalue weighted by atomic mass is 10.1. The van der Waals surface area contributed by atoms with Crippen molar-refractivity contribution >= 4 is 34.0 Å². The maximum Gasteiger partial charge on any atom is 0.228 e. The number of carbonyl (C=O) groups is 1. The summed E-state index contributed by atoms with van der Waals surface area (Å²) in [7, 11) is 0. The Bertz CT molecular complexity index is 1370. The Hall–Kier alpha value is -4.46. The molecule has 0 saturated carbocycles. The largest absolute Gasteiger partial charge is 0.361 e. The molecule has 8 nitrogen and oxygen atoms in total. The van der Waals surface area contributed by atoms with Crippen LogP contribution in [0.3, 0.4) is 0 Å². The van der Waals surface area contributed by atoms with E-state index in [9.17, 15) is 4.79 Å². The number of anilines is 3. The zero-order chi connectivity index (χ0) is 21.9. The number of rotatable bonds is 6. The molecule has 0 atom stereocenters. The fourth-order valence-corrected chi connectivity index (χ4v) is 3.58. The molecule has 0 aliphatic rings. The van der Waals surface area contributed by atoms with E-state index >= 15 is 0 Å². The van der Waals surface area contributed by atoms with E-state index < -0.39 is 0 Å². The van der Waals surface area contributed by atoms with Crippen LogP contribution in [0.2, 0.25) is 0 Å². The Labute approximate surface area is 184 Å². The number of aromatic nitrogens is 5. The number of imidazole rings is 1. The smallest absolute Gasteiger partial charge is 0.228 e. The Morgan fingerprint density at radius 1 is 1.06 bits per heavy atom. The Morgan fingerprint density at radius 3 is 2.69 bits per heavy atom. The van der Waals surface area contributed by atoms with Crippen LogP contribution >= 0.6 is 0 Å². The minimum absolute atomic E-state index is 0.0631. The van der Waals surface area contributed by atoms with Crippen LogP contribution in [-0.2, 0) is 11.2 Å². The van der Waals surface area contributed by atoms with E-state index in [0.717, 1.165) is 33.7 Å². The van der Waals surface area contributed by atoms with Gasteiger partial charge in [-0.3, -0.25) is 9.36 Å². The summed E-state index contributed by atoms with van der Waals surface area (Å²) in [6.07, 6.45) is 7.43. The van der Waals surface area contributed by atoms with Gasteiger partial charge in [0.15, 0.2) is 0 Å². The number of para-hydroxylation sites is 1. The molecule has 0 unspecified atom stereocenters. The number of H-pyrrole nitrogens is 1. The average Bonchev–Trinajstić information content (AvgIpc) is 3.46. The topological polar surface area (TPSA) is 101 Å². The van der Waals surface area contributed by atoms with Crippen molar-refractivity contribution in [3.63, 3.8) is 0 Å². The number of aryl methyl sites for hydroxylation is 1. The number of fused-ring (bicyclic) bond motifs is 1. The minimum Gasteiger partial charge on any atom is -0.361 e. The molecule has 158 valence electrons. The van der Waals surface area contributed by atoms with Crippen molar-refractivity contribution in [3.05, 3.63) is 90.9 Å². The zero-order valence-electron chi connectivity index (χ0n) is 17.4. The molecule has 0 fully saturated rings. The van der Waals surface area contributed by atoms with Gasteiger partial charge in [0.2, 0.25) is 5.91 Å². The van der Waals surface area contributed by atoms with Gasteiger partial charge in [0.05, 0.1) is 6.42 Å². The average molecular weight is 423 g/mol. The van der Waals surface area contributed by atoms with Gasteiger partial charge in [0.25, 0.3) is 0 Å². The van der Waals surface area contributed by atoms with E-state index in [1.807, 2.05) is 78.5 Å². The third kappa shape index (κ3) is 4.20. The number of hydrogen-bond donors (Lipinski definition) is 3. The van der Waals surface area contributed by atoms with Gasteiger partial charge in [-0.2, -0.15) is 0 Å². The summed E-state index contributed by atoms with van der Waals surface area (Å²) in [5.41, 5.74) is 3.60. The molecule has 2 aromatic carbocycles. The van der Waals surface area contributed by atoms with Crippen LogP contribution in [0.25, 0.3) is 16.7 Å². The molecule has 5 rings (SSSR count). The number of hydrogen-bond acceptors (Lipinski definition) is 5. The fraction of sp³-hybridized carbons (Fsp3) is 0.0833. The van der Waals surface area contributed by atoms with Crippen LogP contribution in [0.4, 0.5) is 17.2 Å². The summed E-state index contributed by atoms with van der Waals surface area (Å²) in [5, 5.41) is 7.31. The lowest BCUT2D eigenvalue weighted by Gasteiger charge is -2.10. The molecule has 8 heteroatoms. The summed E-state index contributed by atoms with van der Waals surface area (Å²) < 4.78 is 1.83. The SMILES string of the molecule is Cc1nc(Nc2ccc(NC(=O)Cc3c[nH]c4ccccc34)cc2)cc(-n2ccnc2)n1. The van der Waals surface area contributed by atoms with E-state index in [4.69, 9.17) is 0 Å². The quantitative estimate of drug-likeness (QED) is 0.376. The van der Waals surface area contributed by atoms with E-state index in [-0.39, 0.29) is 5.91 Å². The van der Waals surface area contributed by atoms with Gasteiger partial charge in [-0.1, -0.05) is 18.2 Å². The first-order valence-electron chi connectivity index (χ1n) is 10.2. The van der Waals surface area contributed by atoms with Gasteiger partial charge < -0.3 is 15.6 Å². The van der Waals surface area contributed by atoms with Crippen LogP contribution in [0, 0.1) is 6.92 Å². The molecule has 0 spiro atoms. The normalized spacial score (nSPS) is 10.9. The van der Waals surface area contributed by atoms with E-state index in [2.05, 4.69) is 30.6 Å². The van der Waals surface area contributed by atoms with Gasteiger partial charge in [0, 0.05) is 46.9 Å². The number of nitrogens with one attached hydrogen (secondary N) is 3. The van der Waals surface area contributed by atoms with Crippen molar-refractivity contribution in [1.29, 1.82) is 0 Å². The third-order valence-electron chi connectivity index (χ3n) is 5.06. The molecule has 1 amide bonds. The monoisotopic (exact) mass is 423 g/mol. The first-order chi connectivity index (χ1) is 15.6. The molecule has 3 heterocycles. The van der Waals surface area contributed by atoms with E-state index in [1.54, 1.807) is 12.5 Å². The molecule has 32 heavy (non-hydrogen) atoms. The van der Waals surface area contributed by atoms with Crippen LogP contribution in [0.15, 0.2) is 79.5 Å². The highest BCUT2D eigenvalue weighted by Crippen LogP contribution is 2.21. The van der Waals surface area contributed by atoms with Crippen molar-refractivity contribution in [3.8, 4) is 5.82 Å². The highest BCUT2D eigenvalue weighted by Gasteiger charge is 2.09. The molecular formula is C24H21N7O. The first-order valence-corrected chi connectivity index (χ1v) is 10.2. The summed E-state index contributed by atoms with van der Waals surface area (Å²) >= 11 is 0. The lowest BCUT2D eigenvalue weighted by Crippen LogP contribution is -2.14.